The van der Waals surface area contributed by atoms with Gasteiger partial charge in [-0.25, -0.2) is 0 Å². The highest BCUT2D eigenvalue weighted by atomic mass is 16.4. The van der Waals surface area contributed by atoms with Crippen LogP contribution in [0.15, 0.2) is 18.6 Å². The minimum absolute atomic E-state index is 0.0603. The van der Waals surface area contributed by atoms with Crippen LogP contribution in [0.25, 0.3) is 5.65 Å². The van der Waals surface area contributed by atoms with Gasteiger partial charge in [-0.3, -0.25) is 14.2 Å². The Morgan fingerprint density at radius 2 is 2.28 bits per heavy atom. The van der Waals surface area contributed by atoms with Gasteiger partial charge < -0.3 is 5.11 Å². The Kier molecular flexibility index (Phi) is 2.50. The van der Waals surface area contributed by atoms with E-state index >= 15 is 0 Å². The molecule has 2 heterocycles. The Morgan fingerprint density at radius 3 is 3.06 bits per heavy atom. The summed E-state index contributed by atoms with van der Waals surface area (Å²) in [5, 5.41) is 17.5. The first-order valence-electron chi connectivity index (χ1n) is 6.04. The molecule has 6 heteroatoms. The molecule has 3 unspecified atom stereocenters. The summed E-state index contributed by atoms with van der Waals surface area (Å²) in [6, 6.07) is 0. The molecule has 0 radical (unpaired) electrons. The fourth-order valence-corrected chi connectivity index (χ4v) is 2.87. The largest absolute Gasteiger partial charge is 0.481 e. The molecule has 1 aliphatic rings. The smallest absolute Gasteiger partial charge is 0.307 e. The van der Waals surface area contributed by atoms with Gasteiger partial charge in [-0.1, -0.05) is 6.92 Å². The normalized spacial score (nSPS) is 27.7. The van der Waals surface area contributed by atoms with E-state index in [9.17, 15) is 9.90 Å². The summed E-state index contributed by atoms with van der Waals surface area (Å²) in [4.78, 5) is 15.3. The van der Waals surface area contributed by atoms with Gasteiger partial charge in [-0.2, -0.15) is 0 Å². The van der Waals surface area contributed by atoms with E-state index in [0.29, 0.717) is 18.0 Å². The molecule has 2 aromatic heterocycles. The minimum Gasteiger partial charge on any atom is -0.481 e. The van der Waals surface area contributed by atoms with Gasteiger partial charge in [-0.05, 0) is 18.8 Å². The zero-order valence-corrected chi connectivity index (χ0v) is 10.0. The van der Waals surface area contributed by atoms with Crippen LogP contribution in [0.2, 0.25) is 0 Å². The van der Waals surface area contributed by atoms with Crippen molar-refractivity contribution < 1.29 is 9.90 Å². The van der Waals surface area contributed by atoms with Gasteiger partial charge in [0.1, 0.15) is 5.82 Å². The lowest BCUT2D eigenvalue weighted by molar-refractivity contribution is -0.142. The number of carboxylic acids is 1. The molecule has 3 atom stereocenters. The highest BCUT2D eigenvalue weighted by Gasteiger charge is 2.40. The number of aliphatic carboxylic acids is 1. The van der Waals surface area contributed by atoms with Crippen LogP contribution in [0, 0.1) is 11.8 Å². The molecule has 3 rings (SSSR count). The summed E-state index contributed by atoms with van der Waals surface area (Å²) in [5.74, 6) is -0.0138. The maximum Gasteiger partial charge on any atom is 0.307 e. The van der Waals surface area contributed by atoms with Crippen molar-refractivity contribution in [2.45, 2.75) is 25.7 Å². The molecule has 18 heavy (non-hydrogen) atoms. The number of nitrogens with zero attached hydrogens (tertiary/aromatic N) is 4. The fraction of sp³-hybridized carbons (Fsp3) is 0.500. The number of rotatable bonds is 2. The van der Waals surface area contributed by atoms with E-state index in [0.717, 1.165) is 12.2 Å². The van der Waals surface area contributed by atoms with E-state index in [4.69, 9.17) is 0 Å². The van der Waals surface area contributed by atoms with Crippen molar-refractivity contribution in [3.63, 3.8) is 0 Å². The number of carboxylic acid groups (broad SMARTS) is 1. The standard InChI is InChI=1S/C12H14N4O2/c1-7-4-8(9(5-7)12(17)18)11-15-14-10-6-13-2-3-16(10)11/h2-3,6-9H,4-5H2,1H3,(H,17,18). The van der Waals surface area contributed by atoms with Crippen molar-refractivity contribution >= 4 is 11.6 Å². The zero-order valence-electron chi connectivity index (χ0n) is 10.0. The number of carbonyl (C=O) groups is 1. The van der Waals surface area contributed by atoms with Gasteiger partial charge >= 0.3 is 5.97 Å². The molecular formula is C12H14N4O2. The molecule has 1 saturated carbocycles. The molecule has 0 bridgehead atoms. The Morgan fingerprint density at radius 1 is 1.44 bits per heavy atom. The van der Waals surface area contributed by atoms with Gasteiger partial charge in [0.15, 0.2) is 5.65 Å². The molecule has 2 aromatic rings. The molecule has 0 amide bonds. The van der Waals surface area contributed by atoms with E-state index in [2.05, 4.69) is 22.1 Å². The van der Waals surface area contributed by atoms with Crippen LogP contribution < -0.4 is 0 Å². The molecule has 0 aromatic carbocycles. The van der Waals surface area contributed by atoms with Crippen LogP contribution in [0.5, 0.6) is 0 Å². The average Bonchev–Trinajstić information content (AvgIpc) is 2.92. The quantitative estimate of drug-likeness (QED) is 0.864. The lowest BCUT2D eigenvalue weighted by atomic mass is 9.95. The average molecular weight is 246 g/mol. The summed E-state index contributed by atoms with van der Waals surface area (Å²) in [7, 11) is 0. The number of aromatic nitrogens is 4. The van der Waals surface area contributed by atoms with Crippen LogP contribution >= 0.6 is 0 Å². The van der Waals surface area contributed by atoms with Crippen LogP contribution in [-0.2, 0) is 4.79 Å². The second kappa shape index (κ2) is 4.04. The van der Waals surface area contributed by atoms with Crippen LogP contribution in [0.1, 0.15) is 31.5 Å². The number of hydrogen-bond donors (Lipinski definition) is 1. The molecular weight excluding hydrogens is 232 g/mol. The van der Waals surface area contributed by atoms with Gasteiger partial charge in [0.25, 0.3) is 0 Å². The first-order valence-corrected chi connectivity index (χ1v) is 6.04. The van der Waals surface area contributed by atoms with Crippen molar-refractivity contribution in [2.24, 2.45) is 11.8 Å². The Hall–Kier alpha value is -1.98. The highest BCUT2D eigenvalue weighted by Crippen LogP contribution is 2.42. The molecule has 1 aliphatic carbocycles. The molecule has 1 N–H and O–H groups in total. The van der Waals surface area contributed by atoms with Crippen LogP contribution in [0.3, 0.4) is 0 Å². The van der Waals surface area contributed by atoms with Crippen molar-refractivity contribution in [1.82, 2.24) is 19.6 Å². The molecule has 1 fully saturated rings. The molecule has 0 aliphatic heterocycles. The lowest BCUT2D eigenvalue weighted by Gasteiger charge is -2.13. The Labute approximate surface area is 104 Å². The highest BCUT2D eigenvalue weighted by molar-refractivity contribution is 5.71. The molecule has 6 nitrogen and oxygen atoms in total. The van der Waals surface area contributed by atoms with E-state index in [1.807, 2.05) is 4.40 Å². The Bertz CT molecular complexity index is 595. The van der Waals surface area contributed by atoms with E-state index < -0.39 is 5.97 Å². The van der Waals surface area contributed by atoms with Crippen molar-refractivity contribution in [3.05, 3.63) is 24.4 Å². The second-order valence-electron chi connectivity index (χ2n) is 4.99. The molecule has 0 spiro atoms. The maximum atomic E-state index is 11.3. The number of hydrogen-bond acceptors (Lipinski definition) is 4. The van der Waals surface area contributed by atoms with Crippen molar-refractivity contribution in [3.8, 4) is 0 Å². The third-order valence-corrected chi connectivity index (χ3v) is 3.69. The fourth-order valence-electron chi connectivity index (χ4n) is 2.87. The summed E-state index contributed by atoms with van der Waals surface area (Å²) in [6.45, 7) is 2.08. The van der Waals surface area contributed by atoms with Crippen LogP contribution in [0.4, 0.5) is 0 Å². The summed E-state index contributed by atoms with van der Waals surface area (Å²) >= 11 is 0. The SMILES string of the molecule is CC1CC(C(=O)O)C(c2nnc3cnccn23)C1. The third-order valence-electron chi connectivity index (χ3n) is 3.69. The summed E-state index contributed by atoms with van der Waals surface area (Å²) in [5.41, 5.74) is 0.663. The van der Waals surface area contributed by atoms with Crippen molar-refractivity contribution in [1.29, 1.82) is 0 Å². The Balaban J connectivity index is 2.05. The predicted octanol–water partition coefficient (Wildman–Crippen LogP) is 1.34. The van der Waals surface area contributed by atoms with Gasteiger partial charge in [0, 0.05) is 18.3 Å². The van der Waals surface area contributed by atoms with Crippen LogP contribution in [-0.4, -0.2) is 30.7 Å². The second-order valence-corrected chi connectivity index (χ2v) is 4.99. The van der Waals surface area contributed by atoms with Gasteiger partial charge in [-0.15, -0.1) is 10.2 Å². The molecule has 94 valence electrons. The number of fused-ring (bicyclic) bond motifs is 1. The first kappa shape index (κ1) is 11.1. The lowest BCUT2D eigenvalue weighted by Crippen LogP contribution is -2.18. The topological polar surface area (TPSA) is 80.4 Å². The predicted molar refractivity (Wildman–Crippen MR) is 63.0 cm³/mol. The van der Waals surface area contributed by atoms with Gasteiger partial charge in [0.05, 0.1) is 12.1 Å². The van der Waals surface area contributed by atoms with Gasteiger partial charge in [0.2, 0.25) is 0 Å². The van der Waals surface area contributed by atoms with E-state index in [1.165, 1.54) is 0 Å². The monoisotopic (exact) mass is 246 g/mol. The third kappa shape index (κ3) is 1.64. The minimum atomic E-state index is -0.741. The first-order chi connectivity index (χ1) is 8.66. The van der Waals surface area contributed by atoms with E-state index in [-0.39, 0.29) is 11.8 Å². The molecule has 0 saturated heterocycles. The summed E-state index contributed by atoms with van der Waals surface area (Å²) < 4.78 is 1.84. The maximum absolute atomic E-state index is 11.3. The zero-order chi connectivity index (χ0) is 12.7. The van der Waals surface area contributed by atoms with Crippen molar-refractivity contribution in [2.75, 3.05) is 0 Å². The van der Waals surface area contributed by atoms with E-state index in [1.54, 1.807) is 18.6 Å². The summed E-state index contributed by atoms with van der Waals surface area (Å²) in [6.07, 6.45) is 6.63.